The van der Waals surface area contributed by atoms with E-state index in [1.54, 1.807) is 20.3 Å². The second-order valence-corrected chi connectivity index (χ2v) is 4.45. The van der Waals surface area contributed by atoms with E-state index < -0.39 is 0 Å². The summed E-state index contributed by atoms with van der Waals surface area (Å²) in [5, 5.41) is 13.2. The molecule has 0 atom stereocenters. The summed E-state index contributed by atoms with van der Waals surface area (Å²) in [6.45, 7) is 1.30. The van der Waals surface area contributed by atoms with E-state index in [2.05, 4.69) is 5.32 Å². The second kappa shape index (κ2) is 6.82. The van der Waals surface area contributed by atoms with Crippen molar-refractivity contribution in [2.45, 2.75) is 13.1 Å². The molecule has 0 aromatic heterocycles. The lowest BCUT2D eigenvalue weighted by Crippen LogP contribution is -2.12. The smallest absolute Gasteiger partial charge is 0.123 e. The van der Waals surface area contributed by atoms with Crippen LogP contribution < -0.4 is 14.8 Å². The molecule has 0 saturated carbocycles. The first-order valence-corrected chi connectivity index (χ1v) is 6.42. The van der Waals surface area contributed by atoms with Crippen LogP contribution in [0.25, 0.3) is 0 Å². The summed E-state index contributed by atoms with van der Waals surface area (Å²) < 4.78 is 10.2. The van der Waals surface area contributed by atoms with E-state index in [0.717, 1.165) is 16.9 Å². The van der Waals surface area contributed by atoms with Crippen LogP contribution in [-0.2, 0) is 13.1 Å². The first kappa shape index (κ1) is 14.2. The number of phenols is 1. The number of hydrogen-bond donors (Lipinski definition) is 2. The number of methoxy groups -OCH3 is 2. The van der Waals surface area contributed by atoms with Crippen molar-refractivity contribution in [1.29, 1.82) is 0 Å². The molecule has 0 bridgehead atoms. The molecule has 0 radical (unpaired) electrons. The zero-order chi connectivity index (χ0) is 14.4. The summed E-state index contributed by atoms with van der Waals surface area (Å²) in [5.41, 5.74) is 1.98. The zero-order valence-corrected chi connectivity index (χ0v) is 11.7. The number of hydrogen-bond acceptors (Lipinski definition) is 4. The van der Waals surface area contributed by atoms with Crippen LogP contribution in [0.2, 0.25) is 0 Å². The molecule has 0 saturated heterocycles. The fourth-order valence-electron chi connectivity index (χ4n) is 1.94. The summed E-state index contributed by atoms with van der Waals surface area (Å²) >= 11 is 0. The van der Waals surface area contributed by atoms with Crippen LogP contribution in [0.4, 0.5) is 0 Å². The van der Waals surface area contributed by atoms with E-state index in [9.17, 15) is 5.11 Å². The molecule has 0 aliphatic heterocycles. The van der Waals surface area contributed by atoms with Gasteiger partial charge in [-0.3, -0.25) is 0 Å². The fraction of sp³-hybridized carbons (Fsp3) is 0.250. The maximum absolute atomic E-state index is 9.86. The van der Waals surface area contributed by atoms with Crippen molar-refractivity contribution in [2.75, 3.05) is 14.2 Å². The van der Waals surface area contributed by atoms with Gasteiger partial charge < -0.3 is 19.9 Å². The number of benzene rings is 2. The van der Waals surface area contributed by atoms with Gasteiger partial charge in [-0.15, -0.1) is 0 Å². The molecule has 4 nitrogen and oxygen atoms in total. The molecule has 20 heavy (non-hydrogen) atoms. The molecule has 2 N–H and O–H groups in total. The summed E-state index contributed by atoms with van der Waals surface area (Å²) in [5.74, 6) is 1.73. The Morgan fingerprint density at radius 2 is 1.70 bits per heavy atom. The molecule has 0 unspecified atom stereocenters. The molecular weight excluding hydrogens is 254 g/mol. The molecule has 0 heterocycles. The van der Waals surface area contributed by atoms with Gasteiger partial charge >= 0.3 is 0 Å². The molecule has 2 rings (SSSR count). The number of rotatable bonds is 6. The van der Waals surface area contributed by atoms with Crippen molar-refractivity contribution in [3.05, 3.63) is 53.6 Å². The third-order valence-corrected chi connectivity index (χ3v) is 3.07. The zero-order valence-electron chi connectivity index (χ0n) is 11.7. The van der Waals surface area contributed by atoms with Gasteiger partial charge in [-0.25, -0.2) is 0 Å². The molecule has 0 aliphatic rings. The lowest BCUT2D eigenvalue weighted by atomic mass is 10.1. The second-order valence-electron chi connectivity index (χ2n) is 4.45. The molecule has 0 amide bonds. The third-order valence-electron chi connectivity index (χ3n) is 3.07. The molecule has 2 aromatic rings. The highest BCUT2D eigenvalue weighted by Crippen LogP contribution is 2.23. The van der Waals surface area contributed by atoms with Crippen molar-refractivity contribution in [2.24, 2.45) is 0 Å². The van der Waals surface area contributed by atoms with Gasteiger partial charge in [0, 0.05) is 24.7 Å². The quantitative estimate of drug-likeness (QED) is 0.849. The number of ether oxygens (including phenoxy) is 2. The molecule has 0 spiro atoms. The molecule has 0 fully saturated rings. The molecular formula is C16H19NO3. The van der Waals surface area contributed by atoms with Crippen molar-refractivity contribution >= 4 is 0 Å². The average molecular weight is 273 g/mol. The predicted octanol–water partition coefficient (Wildman–Crippen LogP) is 2.70. The average Bonchev–Trinajstić information content (AvgIpc) is 2.49. The highest BCUT2D eigenvalue weighted by atomic mass is 16.5. The lowest BCUT2D eigenvalue weighted by Gasteiger charge is -2.09. The van der Waals surface area contributed by atoms with Crippen LogP contribution in [-0.4, -0.2) is 19.3 Å². The fourth-order valence-corrected chi connectivity index (χ4v) is 1.94. The number of phenolic OH excluding ortho intramolecular Hbond substituents is 1. The van der Waals surface area contributed by atoms with Gasteiger partial charge in [0.1, 0.15) is 17.2 Å². The van der Waals surface area contributed by atoms with E-state index in [-0.39, 0.29) is 5.75 Å². The van der Waals surface area contributed by atoms with Crippen molar-refractivity contribution in [3.8, 4) is 17.2 Å². The Kier molecular flexibility index (Phi) is 4.85. The van der Waals surface area contributed by atoms with Gasteiger partial charge in [0.05, 0.1) is 14.2 Å². The molecule has 2 aromatic carbocycles. The van der Waals surface area contributed by atoms with E-state index in [0.29, 0.717) is 18.8 Å². The Hall–Kier alpha value is -2.20. The summed E-state index contributed by atoms with van der Waals surface area (Å²) in [6, 6.07) is 13.2. The topological polar surface area (TPSA) is 50.7 Å². The van der Waals surface area contributed by atoms with Gasteiger partial charge in [-0.05, 0) is 23.8 Å². The summed E-state index contributed by atoms with van der Waals surface area (Å²) in [4.78, 5) is 0. The lowest BCUT2D eigenvalue weighted by molar-refractivity contribution is 0.405. The Labute approximate surface area is 119 Å². The van der Waals surface area contributed by atoms with Gasteiger partial charge in [-0.1, -0.05) is 18.2 Å². The van der Waals surface area contributed by atoms with Crippen LogP contribution >= 0.6 is 0 Å². The molecule has 0 aliphatic carbocycles. The molecule has 106 valence electrons. The standard InChI is InChI=1S/C16H19NO3/c1-19-14-5-3-4-12(8-14)10-17-11-13-6-7-15(20-2)9-16(13)18/h3-9,17-18H,10-11H2,1-2H3. The van der Waals surface area contributed by atoms with Crippen molar-refractivity contribution in [1.82, 2.24) is 5.32 Å². The normalized spacial score (nSPS) is 10.3. The predicted molar refractivity (Wildman–Crippen MR) is 78.2 cm³/mol. The first-order valence-electron chi connectivity index (χ1n) is 6.42. The van der Waals surface area contributed by atoms with Crippen LogP contribution in [0.3, 0.4) is 0 Å². The van der Waals surface area contributed by atoms with Crippen molar-refractivity contribution in [3.63, 3.8) is 0 Å². The van der Waals surface area contributed by atoms with Gasteiger partial charge in [0.2, 0.25) is 0 Å². The van der Waals surface area contributed by atoms with Gasteiger partial charge in [-0.2, -0.15) is 0 Å². The van der Waals surface area contributed by atoms with Gasteiger partial charge in [0.15, 0.2) is 0 Å². The highest BCUT2D eigenvalue weighted by Gasteiger charge is 2.03. The monoisotopic (exact) mass is 273 g/mol. The van der Waals surface area contributed by atoms with Crippen molar-refractivity contribution < 1.29 is 14.6 Å². The Morgan fingerprint density at radius 3 is 2.40 bits per heavy atom. The SMILES string of the molecule is COc1cccc(CNCc2ccc(OC)cc2O)c1. The minimum atomic E-state index is 0.238. The van der Waals surface area contributed by atoms with Crippen LogP contribution in [0.1, 0.15) is 11.1 Å². The minimum Gasteiger partial charge on any atom is -0.507 e. The summed E-state index contributed by atoms with van der Waals surface area (Å²) in [7, 11) is 3.23. The number of nitrogens with one attached hydrogen (secondary N) is 1. The Balaban J connectivity index is 1.92. The maximum Gasteiger partial charge on any atom is 0.123 e. The van der Waals surface area contributed by atoms with E-state index in [4.69, 9.17) is 9.47 Å². The Bertz CT molecular complexity index is 569. The highest BCUT2D eigenvalue weighted by molar-refractivity contribution is 5.39. The Morgan fingerprint density at radius 1 is 0.950 bits per heavy atom. The first-order chi connectivity index (χ1) is 9.72. The van der Waals surface area contributed by atoms with E-state index in [1.807, 2.05) is 36.4 Å². The van der Waals surface area contributed by atoms with Gasteiger partial charge in [0.25, 0.3) is 0 Å². The molecule has 4 heteroatoms. The third kappa shape index (κ3) is 3.65. The van der Waals surface area contributed by atoms with Crippen LogP contribution in [0.5, 0.6) is 17.2 Å². The van der Waals surface area contributed by atoms with Crippen LogP contribution in [0, 0.1) is 0 Å². The van der Waals surface area contributed by atoms with Crippen LogP contribution in [0.15, 0.2) is 42.5 Å². The maximum atomic E-state index is 9.86. The van der Waals surface area contributed by atoms with E-state index >= 15 is 0 Å². The largest absolute Gasteiger partial charge is 0.507 e. The minimum absolute atomic E-state index is 0.238. The number of aromatic hydroxyl groups is 1. The summed E-state index contributed by atoms with van der Waals surface area (Å²) in [6.07, 6.45) is 0. The van der Waals surface area contributed by atoms with E-state index in [1.165, 1.54) is 0 Å².